The average molecular weight is 376 g/mol. The molecule has 3 rings (SSSR count). The number of carbonyl (C=O) groups is 1. The van der Waals surface area contributed by atoms with Gasteiger partial charge in [-0.2, -0.15) is 0 Å². The maximum absolute atomic E-state index is 12.7. The molecule has 0 spiro atoms. The number of hydrogen-bond donors (Lipinski definition) is 0. The van der Waals surface area contributed by atoms with Crippen LogP contribution >= 0.6 is 22.9 Å². The van der Waals surface area contributed by atoms with E-state index in [0.717, 1.165) is 20.8 Å². The summed E-state index contributed by atoms with van der Waals surface area (Å²) in [5, 5.41) is 1.24. The molecule has 7 heteroatoms. The third-order valence-electron chi connectivity index (χ3n) is 4.20. The normalized spacial score (nSPS) is 11.0. The molecular weight excluding hydrogens is 358 g/mol. The summed E-state index contributed by atoms with van der Waals surface area (Å²) in [6, 6.07) is 7.37. The topological polar surface area (TPSA) is 55.2 Å². The van der Waals surface area contributed by atoms with Crippen molar-refractivity contribution in [3.05, 3.63) is 62.0 Å². The highest BCUT2D eigenvalue weighted by molar-refractivity contribution is 7.18. The molecular formula is C18H18ClN3O2S. The Hall–Kier alpha value is -2.18. The fourth-order valence-corrected chi connectivity index (χ4v) is 3.85. The summed E-state index contributed by atoms with van der Waals surface area (Å²) in [6.45, 7) is 4.28. The number of likely N-dealkylation sites (N-methyl/N-ethyl adjacent to an activating group) is 1. The predicted octanol–water partition coefficient (Wildman–Crippen LogP) is 3.39. The van der Waals surface area contributed by atoms with Gasteiger partial charge < -0.3 is 4.90 Å². The van der Waals surface area contributed by atoms with Gasteiger partial charge in [0, 0.05) is 23.5 Å². The first-order valence-corrected chi connectivity index (χ1v) is 9.00. The van der Waals surface area contributed by atoms with E-state index in [1.165, 1.54) is 22.2 Å². The summed E-state index contributed by atoms with van der Waals surface area (Å²) in [6.07, 6.45) is 1.45. The zero-order chi connectivity index (χ0) is 18.1. The molecule has 0 atom stereocenters. The molecule has 0 N–H and O–H groups in total. The number of fused-ring (bicyclic) bond motifs is 1. The maximum Gasteiger partial charge on any atom is 0.262 e. The molecule has 1 aromatic carbocycles. The predicted molar refractivity (Wildman–Crippen MR) is 101 cm³/mol. The van der Waals surface area contributed by atoms with Gasteiger partial charge in [-0.3, -0.25) is 14.2 Å². The largest absolute Gasteiger partial charge is 0.340 e. The number of amides is 1. The van der Waals surface area contributed by atoms with Gasteiger partial charge in [0.05, 0.1) is 11.7 Å². The highest BCUT2D eigenvalue weighted by atomic mass is 35.5. The Bertz CT molecular complexity index is 1010. The van der Waals surface area contributed by atoms with Crippen molar-refractivity contribution < 1.29 is 4.79 Å². The number of aryl methyl sites for hydroxylation is 2. The van der Waals surface area contributed by atoms with Gasteiger partial charge in [-0.15, -0.1) is 11.3 Å². The molecule has 0 saturated carbocycles. The number of benzene rings is 1. The molecule has 0 unspecified atom stereocenters. The lowest BCUT2D eigenvalue weighted by Crippen LogP contribution is -2.33. The third kappa shape index (κ3) is 3.60. The monoisotopic (exact) mass is 375 g/mol. The molecule has 1 amide bonds. The maximum atomic E-state index is 12.7. The second-order valence-corrected chi connectivity index (χ2v) is 7.66. The van der Waals surface area contributed by atoms with E-state index in [1.807, 2.05) is 32.0 Å². The van der Waals surface area contributed by atoms with E-state index in [2.05, 4.69) is 4.98 Å². The van der Waals surface area contributed by atoms with Crippen molar-refractivity contribution >= 4 is 39.1 Å². The first kappa shape index (κ1) is 17.6. The number of rotatable bonds is 4. The molecule has 0 aliphatic rings. The first-order valence-electron chi connectivity index (χ1n) is 7.80. The van der Waals surface area contributed by atoms with Crippen molar-refractivity contribution in [3.8, 4) is 0 Å². The molecule has 3 aromatic rings. The number of halogens is 1. The molecule has 0 radical (unpaired) electrons. The molecule has 0 saturated heterocycles. The molecule has 2 aromatic heterocycles. The smallest absolute Gasteiger partial charge is 0.262 e. The summed E-state index contributed by atoms with van der Waals surface area (Å²) in [5.74, 6) is -0.159. The van der Waals surface area contributed by atoms with Gasteiger partial charge in [0.2, 0.25) is 5.91 Å². The van der Waals surface area contributed by atoms with Crippen molar-refractivity contribution in [2.45, 2.75) is 26.9 Å². The molecule has 130 valence electrons. The van der Waals surface area contributed by atoms with E-state index < -0.39 is 0 Å². The molecule has 25 heavy (non-hydrogen) atoms. The van der Waals surface area contributed by atoms with E-state index in [9.17, 15) is 9.59 Å². The Kier molecular flexibility index (Phi) is 4.92. The summed E-state index contributed by atoms with van der Waals surface area (Å²) < 4.78 is 1.37. The second kappa shape index (κ2) is 6.98. The number of thiophene rings is 1. The molecule has 2 heterocycles. The van der Waals surface area contributed by atoms with Crippen molar-refractivity contribution in [1.82, 2.24) is 14.5 Å². The number of aromatic nitrogens is 2. The van der Waals surface area contributed by atoms with Crippen LogP contribution in [0.25, 0.3) is 10.2 Å². The minimum atomic E-state index is -0.170. The van der Waals surface area contributed by atoms with Gasteiger partial charge >= 0.3 is 0 Å². The second-order valence-electron chi connectivity index (χ2n) is 6.02. The zero-order valence-electron chi connectivity index (χ0n) is 14.2. The van der Waals surface area contributed by atoms with Gasteiger partial charge in [0.1, 0.15) is 11.4 Å². The van der Waals surface area contributed by atoms with Crippen LogP contribution in [0.15, 0.2) is 35.4 Å². The summed E-state index contributed by atoms with van der Waals surface area (Å²) in [7, 11) is 1.71. The fraction of sp³-hybridized carbons (Fsp3) is 0.278. The molecule has 0 fully saturated rings. The Balaban J connectivity index is 1.81. The minimum absolute atomic E-state index is 0.0346. The average Bonchev–Trinajstić information content (AvgIpc) is 2.85. The molecule has 0 aliphatic carbocycles. The van der Waals surface area contributed by atoms with E-state index >= 15 is 0 Å². The lowest BCUT2D eigenvalue weighted by atomic mass is 10.2. The highest BCUT2D eigenvalue weighted by Crippen LogP contribution is 2.25. The molecule has 5 nitrogen and oxygen atoms in total. The van der Waals surface area contributed by atoms with E-state index in [4.69, 9.17) is 11.6 Å². The summed E-state index contributed by atoms with van der Waals surface area (Å²) in [4.78, 5) is 32.8. The fourth-order valence-electron chi connectivity index (χ4n) is 2.65. The van der Waals surface area contributed by atoms with Crippen molar-refractivity contribution in [3.63, 3.8) is 0 Å². The van der Waals surface area contributed by atoms with Crippen LogP contribution in [0.5, 0.6) is 0 Å². The summed E-state index contributed by atoms with van der Waals surface area (Å²) in [5.41, 5.74) is 1.71. The van der Waals surface area contributed by atoms with E-state index in [1.54, 1.807) is 18.0 Å². The highest BCUT2D eigenvalue weighted by Gasteiger charge is 2.15. The van der Waals surface area contributed by atoms with Crippen molar-refractivity contribution in [1.29, 1.82) is 0 Å². The molecule has 0 bridgehead atoms. The quantitative estimate of drug-likeness (QED) is 0.702. The van der Waals surface area contributed by atoms with Crippen LogP contribution in [0, 0.1) is 13.8 Å². The van der Waals surface area contributed by atoms with Crippen LogP contribution in [-0.4, -0.2) is 27.4 Å². The van der Waals surface area contributed by atoms with Gasteiger partial charge in [-0.25, -0.2) is 4.98 Å². The zero-order valence-corrected chi connectivity index (χ0v) is 15.8. The van der Waals surface area contributed by atoms with Crippen LogP contribution in [0.3, 0.4) is 0 Å². The Morgan fingerprint density at radius 2 is 2.12 bits per heavy atom. The lowest BCUT2D eigenvalue weighted by molar-refractivity contribution is -0.131. The third-order valence-corrected chi connectivity index (χ3v) is 5.55. The SMILES string of the molecule is Cc1sc2ncn(CC(=O)N(C)Cc3cccc(Cl)c3)c(=O)c2c1C. The number of hydrogen-bond acceptors (Lipinski definition) is 4. The van der Waals surface area contributed by atoms with Crippen LogP contribution in [0.1, 0.15) is 16.0 Å². The van der Waals surface area contributed by atoms with Crippen LogP contribution < -0.4 is 5.56 Å². The lowest BCUT2D eigenvalue weighted by Gasteiger charge is -2.18. The van der Waals surface area contributed by atoms with E-state index in [-0.39, 0.29) is 18.0 Å². The molecule has 0 aliphatic heterocycles. The minimum Gasteiger partial charge on any atom is -0.340 e. The van der Waals surface area contributed by atoms with Gasteiger partial charge in [-0.05, 0) is 37.1 Å². The Labute approximate surface area is 154 Å². The van der Waals surface area contributed by atoms with Gasteiger partial charge in [0.25, 0.3) is 5.56 Å². The summed E-state index contributed by atoms with van der Waals surface area (Å²) >= 11 is 7.47. The first-order chi connectivity index (χ1) is 11.9. The van der Waals surface area contributed by atoms with Crippen LogP contribution in [0.4, 0.5) is 0 Å². The van der Waals surface area contributed by atoms with Crippen LogP contribution in [-0.2, 0) is 17.9 Å². The number of nitrogens with zero attached hydrogens (tertiary/aromatic N) is 3. The Morgan fingerprint density at radius 1 is 1.36 bits per heavy atom. The van der Waals surface area contributed by atoms with Crippen LogP contribution in [0.2, 0.25) is 5.02 Å². The Morgan fingerprint density at radius 3 is 2.84 bits per heavy atom. The standard InChI is InChI=1S/C18H18ClN3O2S/c1-11-12(2)25-17-16(11)18(24)22(10-20-17)9-15(23)21(3)8-13-5-4-6-14(19)7-13/h4-7,10H,8-9H2,1-3H3. The van der Waals surface area contributed by atoms with Crippen molar-refractivity contribution in [2.24, 2.45) is 0 Å². The van der Waals surface area contributed by atoms with E-state index in [0.29, 0.717) is 17.0 Å². The van der Waals surface area contributed by atoms with Gasteiger partial charge in [-0.1, -0.05) is 23.7 Å². The number of carbonyl (C=O) groups excluding carboxylic acids is 1. The van der Waals surface area contributed by atoms with Gasteiger partial charge in [0.15, 0.2) is 0 Å². The van der Waals surface area contributed by atoms with Crippen molar-refractivity contribution in [2.75, 3.05) is 7.05 Å².